The van der Waals surface area contributed by atoms with Gasteiger partial charge in [-0.1, -0.05) is 12.1 Å². The molecule has 0 aliphatic carbocycles. The summed E-state index contributed by atoms with van der Waals surface area (Å²) >= 11 is 1.60. The van der Waals surface area contributed by atoms with Gasteiger partial charge in [0.2, 0.25) is 10.0 Å². The van der Waals surface area contributed by atoms with Crippen LogP contribution in [0.15, 0.2) is 64.9 Å². The molecule has 7 heteroatoms. The molecule has 0 saturated heterocycles. The maximum absolute atomic E-state index is 12.4. The Morgan fingerprint density at radius 2 is 1.75 bits per heavy atom. The first-order valence-electron chi connectivity index (χ1n) is 8.86. The number of nitrogens with one attached hydrogen (secondary N) is 2. The van der Waals surface area contributed by atoms with E-state index in [1.54, 1.807) is 11.3 Å². The quantitative estimate of drug-likeness (QED) is 0.610. The molecule has 5 nitrogen and oxygen atoms in total. The van der Waals surface area contributed by atoms with Gasteiger partial charge in [0.25, 0.3) is 5.91 Å². The summed E-state index contributed by atoms with van der Waals surface area (Å²) in [5.74, 6) is -0.280. The molecule has 0 aliphatic heterocycles. The lowest BCUT2D eigenvalue weighted by Crippen LogP contribution is -2.26. The van der Waals surface area contributed by atoms with Crippen LogP contribution in [0.1, 0.15) is 26.4 Å². The van der Waals surface area contributed by atoms with Crippen LogP contribution in [-0.4, -0.2) is 20.9 Å². The summed E-state index contributed by atoms with van der Waals surface area (Å²) < 4.78 is 27.4. The minimum absolute atomic E-state index is 0.140. The van der Waals surface area contributed by atoms with E-state index in [-0.39, 0.29) is 10.8 Å². The molecule has 28 heavy (non-hydrogen) atoms. The third-order valence-corrected chi connectivity index (χ3v) is 6.85. The Hall–Kier alpha value is -2.48. The molecule has 0 saturated carbocycles. The van der Waals surface area contributed by atoms with E-state index in [1.165, 1.54) is 24.3 Å². The Morgan fingerprint density at radius 1 is 1.00 bits per heavy atom. The smallest absolute Gasteiger partial charge is 0.255 e. The molecule has 3 rings (SSSR count). The van der Waals surface area contributed by atoms with Crippen molar-refractivity contribution in [3.05, 3.63) is 81.5 Å². The van der Waals surface area contributed by atoms with E-state index in [9.17, 15) is 13.2 Å². The number of carbonyl (C=O) groups is 1. The van der Waals surface area contributed by atoms with Crippen molar-refractivity contribution in [3.8, 4) is 0 Å². The Kier molecular flexibility index (Phi) is 6.28. The number of hydrogen-bond acceptors (Lipinski definition) is 4. The molecule has 0 fully saturated rings. The number of hydrogen-bond donors (Lipinski definition) is 2. The fourth-order valence-electron chi connectivity index (χ4n) is 2.65. The molecule has 0 atom stereocenters. The van der Waals surface area contributed by atoms with E-state index in [0.717, 1.165) is 16.0 Å². The lowest BCUT2D eigenvalue weighted by molar-refractivity contribution is 0.102. The van der Waals surface area contributed by atoms with Crippen molar-refractivity contribution >= 4 is 33.0 Å². The van der Waals surface area contributed by atoms with Gasteiger partial charge in [0.1, 0.15) is 0 Å². The van der Waals surface area contributed by atoms with Gasteiger partial charge in [-0.15, -0.1) is 11.3 Å². The zero-order valence-corrected chi connectivity index (χ0v) is 17.4. The van der Waals surface area contributed by atoms with Crippen molar-refractivity contribution in [2.45, 2.75) is 25.2 Å². The number of thiophene rings is 1. The average Bonchev–Trinajstić information content (AvgIpc) is 3.18. The summed E-state index contributed by atoms with van der Waals surface area (Å²) in [6, 6.07) is 15.5. The molecule has 3 aromatic rings. The highest BCUT2D eigenvalue weighted by Crippen LogP contribution is 2.17. The van der Waals surface area contributed by atoms with Crippen molar-refractivity contribution in [3.63, 3.8) is 0 Å². The molecule has 0 unspecified atom stereocenters. The van der Waals surface area contributed by atoms with Gasteiger partial charge in [0.15, 0.2) is 0 Å². The molecule has 0 bridgehead atoms. The van der Waals surface area contributed by atoms with Crippen molar-refractivity contribution in [1.29, 1.82) is 0 Å². The number of anilines is 1. The average molecular weight is 415 g/mol. The molecule has 0 radical (unpaired) electrons. The summed E-state index contributed by atoms with van der Waals surface area (Å²) in [5.41, 5.74) is 3.35. The van der Waals surface area contributed by atoms with Crippen molar-refractivity contribution in [1.82, 2.24) is 4.72 Å². The molecule has 1 aromatic heterocycles. The van der Waals surface area contributed by atoms with Crippen LogP contribution in [0.2, 0.25) is 0 Å². The molecule has 146 valence electrons. The number of benzene rings is 2. The highest BCUT2D eigenvalue weighted by atomic mass is 32.2. The monoisotopic (exact) mass is 414 g/mol. The minimum Gasteiger partial charge on any atom is -0.322 e. The van der Waals surface area contributed by atoms with Crippen molar-refractivity contribution in [2.24, 2.45) is 0 Å². The van der Waals surface area contributed by atoms with E-state index in [0.29, 0.717) is 24.2 Å². The summed E-state index contributed by atoms with van der Waals surface area (Å²) in [5, 5.41) is 4.80. The molecule has 1 heterocycles. The maximum Gasteiger partial charge on any atom is 0.255 e. The van der Waals surface area contributed by atoms with Crippen LogP contribution < -0.4 is 10.0 Å². The van der Waals surface area contributed by atoms with Gasteiger partial charge >= 0.3 is 0 Å². The highest BCUT2D eigenvalue weighted by molar-refractivity contribution is 7.89. The topological polar surface area (TPSA) is 75.3 Å². The maximum atomic E-state index is 12.4. The molecule has 1 amide bonds. The standard InChI is InChI=1S/C21H22N2O3S2/c1-15-5-8-18(14-16(15)2)23-21(24)17-6-9-20(10-7-17)28(25,26)22-12-11-19-4-3-13-27-19/h3-10,13-14,22H,11-12H2,1-2H3,(H,23,24). The van der Waals surface area contributed by atoms with Crippen LogP contribution in [0.3, 0.4) is 0 Å². The van der Waals surface area contributed by atoms with Crippen LogP contribution in [-0.2, 0) is 16.4 Å². The highest BCUT2D eigenvalue weighted by Gasteiger charge is 2.15. The van der Waals surface area contributed by atoms with Gasteiger partial charge in [-0.25, -0.2) is 13.1 Å². The largest absolute Gasteiger partial charge is 0.322 e. The van der Waals surface area contributed by atoms with Crippen LogP contribution in [0, 0.1) is 13.8 Å². The molecule has 2 N–H and O–H groups in total. The molecule has 0 aliphatic rings. The van der Waals surface area contributed by atoms with E-state index >= 15 is 0 Å². The normalized spacial score (nSPS) is 11.4. The molecular weight excluding hydrogens is 392 g/mol. The van der Waals surface area contributed by atoms with Crippen LogP contribution in [0.4, 0.5) is 5.69 Å². The van der Waals surface area contributed by atoms with E-state index in [4.69, 9.17) is 0 Å². The molecule has 0 spiro atoms. The first-order chi connectivity index (χ1) is 13.3. The zero-order chi connectivity index (χ0) is 20.1. The number of sulfonamides is 1. The first-order valence-corrected chi connectivity index (χ1v) is 11.2. The summed E-state index contributed by atoms with van der Waals surface area (Å²) in [7, 11) is -3.60. The predicted octanol–water partition coefficient (Wildman–Crippen LogP) is 4.14. The summed E-state index contributed by atoms with van der Waals surface area (Å²) in [4.78, 5) is 13.7. The van der Waals surface area contributed by atoms with E-state index in [1.807, 2.05) is 49.6 Å². The fourth-order valence-corrected chi connectivity index (χ4v) is 4.40. The third-order valence-electron chi connectivity index (χ3n) is 4.44. The number of aryl methyl sites for hydroxylation is 2. The van der Waals surface area contributed by atoms with Gasteiger partial charge in [-0.05, 0) is 79.2 Å². The second-order valence-corrected chi connectivity index (χ2v) is 9.30. The van der Waals surface area contributed by atoms with Gasteiger partial charge in [0, 0.05) is 22.7 Å². The Morgan fingerprint density at radius 3 is 2.39 bits per heavy atom. The summed E-state index contributed by atoms with van der Waals surface area (Å²) in [6.45, 7) is 4.32. The summed E-state index contributed by atoms with van der Waals surface area (Å²) in [6.07, 6.45) is 0.646. The van der Waals surface area contributed by atoms with E-state index < -0.39 is 10.0 Å². The number of amides is 1. The van der Waals surface area contributed by atoms with Crippen molar-refractivity contribution in [2.75, 3.05) is 11.9 Å². The van der Waals surface area contributed by atoms with Crippen LogP contribution in [0.25, 0.3) is 0 Å². The SMILES string of the molecule is Cc1ccc(NC(=O)c2ccc(S(=O)(=O)NCCc3cccs3)cc2)cc1C. The second-order valence-electron chi connectivity index (χ2n) is 6.50. The second kappa shape index (κ2) is 8.68. The number of carbonyl (C=O) groups excluding carboxylic acids is 1. The van der Waals surface area contributed by atoms with Crippen molar-refractivity contribution < 1.29 is 13.2 Å². The Bertz CT molecular complexity index is 1060. The van der Waals surface area contributed by atoms with Gasteiger partial charge in [-0.3, -0.25) is 4.79 Å². The van der Waals surface area contributed by atoms with Gasteiger partial charge in [-0.2, -0.15) is 0 Å². The van der Waals surface area contributed by atoms with Crippen LogP contribution >= 0.6 is 11.3 Å². The molecule has 2 aromatic carbocycles. The zero-order valence-electron chi connectivity index (χ0n) is 15.7. The minimum atomic E-state index is -3.60. The van der Waals surface area contributed by atoms with Crippen LogP contribution in [0.5, 0.6) is 0 Å². The first kappa shape index (κ1) is 20.3. The third kappa shape index (κ3) is 5.07. The van der Waals surface area contributed by atoms with Gasteiger partial charge < -0.3 is 5.32 Å². The predicted molar refractivity (Wildman–Crippen MR) is 114 cm³/mol. The number of rotatable bonds is 7. The Balaban J connectivity index is 1.62. The Labute approximate surface area is 169 Å². The molecular formula is C21H22N2O3S2. The fraction of sp³-hybridized carbons (Fsp3) is 0.190. The van der Waals surface area contributed by atoms with E-state index in [2.05, 4.69) is 10.0 Å². The lowest BCUT2D eigenvalue weighted by Gasteiger charge is -2.09. The lowest BCUT2D eigenvalue weighted by atomic mass is 10.1. The van der Waals surface area contributed by atoms with Gasteiger partial charge in [0.05, 0.1) is 4.90 Å².